The van der Waals surface area contributed by atoms with Crippen LogP contribution in [0.15, 0.2) is 65.5 Å². The summed E-state index contributed by atoms with van der Waals surface area (Å²) >= 11 is 3.51. The van der Waals surface area contributed by atoms with Gasteiger partial charge in [-0.3, -0.25) is 4.79 Å². The second-order valence-corrected chi connectivity index (χ2v) is 7.66. The Bertz CT molecular complexity index is 932. The minimum atomic E-state index is -0.350. The zero-order valence-corrected chi connectivity index (χ0v) is 16.2. The monoisotopic (exact) mass is 409 g/mol. The zero-order chi connectivity index (χ0) is 18.1. The van der Waals surface area contributed by atoms with Crippen LogP contribution in [-0.4, -0.2) is 26.9 Å². The Labute approximate surface area is 161 Å². The number of aromatic nitrogens is 2. The van der Waals surface area contributed by atoms with Crippen LogP contribution in [0.2, 0.25) is 0 Å². The number of imidazole rings is 1. The van der Waals surface area contributed by atoms with E-state index >= 15 is 0 Å². The third-order valence-corrected chi connectivity index (χ3v) is 5.37. The van der Waals surface area contributed by atoms with E-state index < -0.39 is 0 Å². The average molecular weight is 410 g/mol. The van der Waals surface area contributed by atoms with Crippen LogP contribution in [0.3, 0.4) is 0 Å². The smallest absolute Gasteiger partial charge is 0.250 e. The number of hydrogen-bond acceptors (Lipinski definition) is 2. The second-order valence-electron chi connectivity index (χ2n) is 6.75. The minimum absolute atomic E-state index is 0.126. The van der Waals surface area contributed by atoms with Crippen molar-refractivity contribution in [3.05, 3.63) is 87.9 Å². The molecule has 132 valence electrons. The molecule has 1 amide bonds. The molecule has 1 aliphatic heterocycles. The third-order valence-electron chi connectivity index (χ3n) is 4.88. The van der Waals surface area contributed by atoms with Crippen molar-refractivity contribution in [1.29, 1.82) is 0 Å². The van der Waals surface area contributed by atoms with Gasteiger partial charge in [-0.25, -0.2) is 4.98 Å². The minimum Gasteiger partial charge on any atom is -0.334 e. The molecule has 1 aliphatic rings. The first kappa shape index (κ1) is 17.0. The number of carbonyl (C=O) groups is 1. The summed E-state index contributed by atoms with van der Waals surface area (Å²) < 4.78 is 2.97. The van der Waals surface area contributed by atoms with E-state index in [-0.39, 0.29) is 11.9 Å². The largest absolute Gasteiger partial charge is 0.334 e. The number of benzene rings is 2. The number of halogens is 1. The molecule has 0 saturated carbocycles. The average Bonchev–Trinajstić information content (AvgIpc) is 3.09. The first-order valence-corrected chi connectivity index (χ1v) is 9.51. The van der Waals surface area contributed by atoms with Gasteiger partial charge in [0.25, 0.3) is 5.91 Å². The number of hydrogen-bond donors (Lipinski definition) is 0. The van der Waals surface area contributed by atoms with Gasteiger partial charge in [0.15, 0.2) is 0 Å². The van der Waals surface area contributed by atoms with Gasteiger partial charge < -0.3 is 9.47 Å². The van der Waals surface area contributed by atoms with Gasteiger partial charge in [-0.15, -0.1) is 0 Å². The Kier molecular flexibility index (Phi) is 4.64. The molecule has 1 atom stereocenters. The summed E-state index contributed by atoms with van der Waals surface area (Å²) in [6.45, 7) is 3.40. The maximum atomic E-state index is 13.2. The highest BCUT2D eigenvalue weighted by molar-refractivity contribution is 9.10. The molecule has 3 aromatic rings. The van der Waals surface area contributed by atoms with E-state index in [0.717, 1.165) is 22.2 Å². The summed E-state index contributed by atoms with van der Waals surface area (Å²) in [5.74, 6) is 0.126. The fourth-order valence-corrected chi connectivity index (χ4v) is 3.86. The standard InChI is InChI=1S/C21H20BrN3O/c1-15-5-7-16(8-6-15)9-10-24-13-19-12-23-14-25(19)20(21(24)26)17-3-2-4-18(22)11-17/h2-8,11-12,14,20H,9-10,13H2,1H3. The van der Waals surface area contributed by atoms with Gasteiger partial charge in [-0.1, -0.05) is 57.9 Å². The van der Waals surface area contributed by atoms with Crippen LogP contribution < -0.4 is 0 Å². The predicted molar refractivity (Wildman–Crippen MR) is 105 cm³/mol. The molecule has 0 N–H and O–H groups in total. The van der Waals surface area contributed by atoms with Crippen LogP contribution >= 0.6 is 15.9 Å². The van der Waals surface area contributed by atoms with Gasteiger partial charge >= 0.3 is 0 Å². The van der Waals surface area contributed by atoms with Crippen LogP contribution in [0.1, 0.15) is 28.4 Å². The Hall–Kier alpha value is -2.40. The van der Waals surface area contributed by atoms with Gasteiger partial charge in [0.1, 0.15) is 6.04 Å². The molecule has 1 unspecified atom stereocenters. The van der Waals surface area contributed by atoms with Crippen molar-refractivity contribution in [2.75, 3.05) is 6.54 Å². The van der Waals surface area contributed by atoms with Crippen molar-refractivity contribution in [2.45, 2.75) is 25.9 Å². The molecule has 4 rings (SSSR count). The normalized spacial score (nSPS) is 16.6. The van der Waals surface area contributed by atoms with E-state index in [0.29, 0.717) is 13.1 Å². The highest BCUT2D eigenvalue weighted by Gasteiger charge is 2.33. The van der Waals surface area contributed by atoms with E-state index in [2.05, 4.69) is 52.1 Å². The molecule has 0 spiro atoms. The van der Waals surface area contributed by atoms with Crippen LogP contribution in [0.25, 0.3) is 0 Å². The molecular formula is C21H20BrN3O. The van der Waals surface area contributed by atoms with Crippen molar-refractivity contribution in [1.82, 2.24) is 14.5 Å². The van der Waals surface area contributed by atoms with Gasteiger partial charge in [-0.05, 0) is 36.6 Å². The summed E-state index contributed by atoms with van der Waals surface area (Å²) in [4.78, 5) is 19.5. The number of fused-ring (bicyclic) bond motifs is 1. The highest BCUT2D eigenvalue weighted by Crippen LogP contribution is 2.29. The lowest BCUT2D eigenvalue weighted by Crippen LogP contribution is -2.43. The van der Waals surface area contributed by atoms with Gasteiger partial charge in [-0.2, -0.15) is 0 Å². The second kappa shape index (κ2) is 7.08. The molecule has 5 heteroatoms. The van der Waals surface area contributed by atoms with Crippen molar-refractivity contribution in [3.8, 4) is 0 Å². The summed E-state index contributed by atoms with van der Waals surface area (Å²) in [6, 6.07) is 16.1. The van der Waals surface area contributed by atoms with Crippen molar-refractivity contribution >= 4 is 21.8 Å². The molecule has 0 radical (unpaired) electrons. The Balaban J connectivity index is 1.60. The Morgan fingerprint density at radius 3 is 2.77 bits per heavy atom. The van der Waals surface area contributed by atoms with E-state index in [1.54, 1.807) is 6.33 Å². The van der Waals surface area contributed by atoms with Gasteiger partial charge in [0, 0.05) is 17.2 Å². The summed E-state index contributed by atoms with van der Waals surface area (Å²) in [5, 5.41) is 0. The van der Waals surface area contributed by atoms with Crippen molar-refractivity contribution < 1.29 is 4.79 Å². The molecule has 2 aromatic carbocycles. The number of carbonyl (C=O) groups excluding carboxylic acids is 1. The first-order valence-electron chi connectivity index (χ1n) is 8.72. The lowest BCUT2D eigenvalue weighted by Gasteiger charge is -2.34. The summed E-state index contributed by atoms with van der Waals surface area (Å²) in [5.41, 5.74) is 4.55. The van der Waals surface area contributed by atoms with Gasteiger partial charge in [0.05, 0.1) is 18.6 Å². The number of nitrogens with zero attached hydrogens (tertiary/aromatic N) is 3. The predicted octanol–water partition coefficient (Wildman–Crippen LogP) is 4.13. The number of amides is 1. The van der Waals surface area contributed by atoms with E-state index in [4.69, 9.17) is 0 Å². The Morgan fingerprint density at radius 2 is 2.00 bits per heavy atom. The van der Waals surface area contributed by atoms with Crippen molar-refractivity contribution in [2.24, 2.45) is 0 Å². The molecule has 0 saturated heterocycles. The molecule has 0 bridgehead atoms. The van der Waals surface area contributed by atoms with Crippen LogP contribution in [0.4, 0.5) is 0 Å². The maximum Gasteiger partial charge on any atom is 0.250 e. The molecule has 4 nitrogen and oxygen atoms in total. The Morgan fingerprint density at radius 1 is 1.19 bits per heavy atom. The maximum absolute atomic E-state index is 13.2. The molecule has 1 aromatic heterocycles. The fourth-order valence-electron chi connectivity index (χ4n) is 3.44. The van der Waals surface area contributed by atoms with E-state index in [9.17, 15) is 4.79 Å². The van der Waals surface area contributed by atoms with E-state index in [1.165, 1.54) is 11.1 Å². The van der Waals surface area contributed by atoms with Crippen molar-refractivity contribution in [3.63, 3.8) is 0 Å². The van der Waals surface area contributed by atoms with Gasteiger partial charge in [0.2, 0.25) is 0 Å². The third kappa shape index (κ3) is 3.31. The molecule has 0 aliphatic carbocycles. The molecule has 26 heavy (non-hydrogen) atoms. The lowest BCUT2D eigenvalue weighted by atomic mass is 10.0. The topological polar surface area (TPSA) is 38.1 Å². The number of rotatable bonds is 4. The van der Waals surface area contributed by atoms with Crippen LogP contribution in [0, 0.1) is 6.92 Å². The van der Waals surface area contributed by atoms with E-state index in [1.807, 2.05) is 39.9 Å². The summed E-state index contributed by atoms with van der Waals surface area (Å²) in [7, 11) is 0. The lowest BCUT2D eigenvalue weighted by molar-refractivity contribution is -0.136. The first-order chi connectivity index (χ1) is 12.6. The highest BCUT2D eigenvalue weighted by atomic mass is 79.9. The molecule has 2 heterocycles. The fraction of sp³-hybridized carbons (Fsp3) is 0.238. The van der Waals surface area contributed by atoms with Crippen LogP contribution in [0.5, 0.6) is 0 Å². The zero-order valence-electron chi connectivity index (χ0n) is 14.6. The molecule has 0 fully saturated rings. The number of aryl methyl sites for hydroxylation is 1. The molecular weight excluding hydrogens is 390 g/mol. The summed E-state index contributed by atoms with van der Waals surface area (Å²) in [6.07, 6.45) is 4.47. The van der Waals surface area contributed by atoms with Crippen LogP contribution in [-0.2, 0) is 17.8 Å². The quantitative estimate of drug-likeness (QED) is 0.649. The SMILES string of the molecule is Cc1ccc(CCN2Cc3cncn3C(c3cccc(Br)c3)C2=O)cc1.